The van der Waals surface area contributed by atoms with E-state index in [1.807, 2.05) is 30.3 Å². The second kappa shape index (κ2) is 6.79. The first-order chi connectivity index (χ1) is 10.7. The summed E-state index contributed by atoms with van der Waals surface area (Å²) in [5.74, 6) is 2.15. The predicted octanol–water partition coefficient (Wildman–Crippen LogP) is 3.48. The molecule has 0 spiro atoms. The molecule has 0 bridgehead atoms. The molecule has 1 heterocycles. The minimum absolute atomic E-state index is 0.0263. The zero-order valence-electron chi connectivity index (χ0n) is 11.8. The summed E-state index contributed by atoms with van der Waals surface area (Å²) in [5.41, 5.74) is 2.50. The summed E-state index contributed by atoms with van der Waals surface area (Å²) in [5, 5.41) is 3.88. The Morgan fingerprint density at radius 3 is 2.82 bits per heavy atom. The van der Waals surface area contributed by atoms with Crippen LogP contribution in [0.25, 0.3) is 0 Å². The maximum Gasteiger partial charge on any atom is 0.243 e. The predicted molar refractivity (Wildman–Crippen MR) is 85.6 cm³/mol. The number of halogens is 1. The van der Waals surface area contributed by atoms with Crippen molar-refractivity contribution in [3.8, 4) is 5.75 Å². The fourth-order valence-corrected chi connectivity index (χ4v) is 2.09. The van der Waals surface area contributed by atoms with Gasteiger partial charge in [0, 0.05) is 10.4 Å². The molecular weight excluding hydrogens is 348 g/mol. The molecule has 0 unspecified atom stereocenters. The van der Waals surface area contributed by atoms with Gasteiger partial charge in [-0.1, -0.05) is 15.9 Å². The molecule has 5 nitrogen and oxygen atoms in total. The van der Waals surface area contributed by atoms with Crippen LogP contribution >= 0.6 is 15.9 Å². The molecule has 1 aliphatic rings. The summed E-state index contributed by atoms with van der Waals surface area (Å²) in [6.07, 6.45) is 3.41. The normalized spacial score (nSPS) is 14.2. The summed E-state index contributed by atoms with van der Waals surface area (Å²) in [6.45, 7) is 0.337. The van der Waals surface area contributed by atoms with Crippen LogP contribution in [-0.2, 0) is 11.4 Å². The highest BCUT2D eigenvalue weighted by Crippen LogP contribution is 2.28. The largest absolute Gasteiger partial charge is 0.486 e. The molecule has 1 N–H and O–H groups in total. The zero-order valence-corrected chi connectivity index (χ0v) is 13.4. The van der Waals surface area contributed by atoms with Crippen LogP contribution in [0.4, 0.5) is 0 Å². The highest BCUT2D eigenvalue weighted by molar-refractivity contribution is 9.10. The minimum Gasteiger partial charge on any atom is -0.486 e. The molecule has 2 aromatic rings. The van der Waals surface area contributed by atoms with Gasteiger partial charge in [-0.25, -0.2) is 5.43 Å². The molecule has 114 valence electrons. The minimum atomic E-state index is -0.0263. The topological polar surface area (TPSA) is 63.8 Å². The molecule has 22 heavy (non-hydrogen) atoms. The van der Waals surface area contributed by atoms with E-state index in [0.29, 0.717) is 18.1 Å². The van der Waals surface area contributed by atoms with Crippen LogP contribution in [0.2, 0.25) is 0 Å². The Hall–Kier alpha value is -2.08. The quantitative estimate of drug-likeness (QED) is 0.631. The number of nitrogens with one attached hydrogen (secondary N) is 1. The fraction of sp³-hybridized carbons (Fsp3) is 0.250. The smallest absolute Gasteiger partial charge is 0.243 e. The van der Waals surface area contributed by atoms with Gasteiger partial charge in [-0.05, 0) is 49.2 Å². The van der Waals surface area contributed by atoms with E-state index >= 15 is 0 Å². The number of carbonyl (C=O) groups excluding carboxylic acids is 1. The lowest BCUT2D eigenvalue weighted by Crippen LogP contribution is -2.18. The van der Waals surface area contributed by atoms with Crippen LogP contribution in [0.15, 0.2) is 50.4 Å². The van der Waals surface area contributed by atoms with E-state index in [9.17, 15) is 4.79 Å². The molecular formula is C16H15BrN2O3. The zero-order chi connectivity index (χ0) is 15.4. The van der Waals surface area contributed by atoms with Crippen LogP contribution in [0.3, 0.4) is 0 Å². The summed E-state index contributed by atoms with van der Waals surface area (Å²) in [4.78, 5) is 11.4. The average molecular weight is 363 g/mol. The van der Waals surface area contributed by atoms with E-state index in [-0.39, 0.29) is 11.8 Å². The number of benzene rings is 1. The van der Waals surface area contributed by atoms with Crippen molar-refractivity contribution in [2.45, 2.75) is 19.4 Å². The number of amides is 1. The van der Waals surface area contributed by atoms with Gasteiger partial charge >= 0.3 is 0 Å². The van der Waals surface area contributed by atoms with E-state index in [1.54, 1.807) is 6.07 Å². The van der Waals surface area contributed by atoms with Crippen molar-refractivity contribution in [1.82, 2.24) is 5.43 Å². The van der Waals surface area contributed by atoms with Crippen LogP contribution in [0.5, 0.6) is 5.75 Å². The van der Waals surface area contributed by atoms with Crippen molar-refractivity contribution >= 4 is 28.1 Å². The molecule has 0 saturated heterocycles. The number of ether oxygens (including phenoxy) is 1. The van der Waals surface area contributed by atoms with Gasteiger partial charge in [0.05, 0.1) is 6.21 Å². The molecule has 1 aromatic heterocycles. The summed E-state index contributed by atoms with van der Waals surface area (Å²) in [6, 6.07) is 11.2. The third-order valence-electron chi connectivity index (χ3n) is 3.19. The van der Waals surface area contributed by atoms with Gasteiger partial charge in [0.1, 0.15) is 23.9 Å². The Bertz CT molecular complexity index is 675. The maximum absolute atomic E-state index is 11.4. The fourth-order valence-electron chi connectivity index (χ4n) is 1.82. The highest BCUT2D eigenvalue weighted by atomic mass is 79.9. The second-order valence-corrected chi connectivity index (χ2v) is 5.97. The van der Waals surface area contributed by atoms with Gasteiger partial charge in [0.2, 0.25) is 5.91 Å². The molecule has 6 heteroatoms. The number of hydrogen-bond donors (Lipinski definition) is 1. The highest BCUT2D eigenvalue weighted by Gasteiger charge is 2.29. The van der Waals surface area contributed by atoms with E-state index in [1.165, 1.54) is 6.21 Å². The lowest BCUT2D eigenvalue weighted by atomic mass is 10.3. The van der Waals surface area contributed by atoms with Crippen LogP contribution in [-0.4, -0.2) is 12.1 Å². The summed E-state index contributed by atoms with van der Waals surface area (Å²) >= 11 is 3.37. The number of rotatable bonds is 6. The van der Waals surface area contributed by atoms with Crippen molar-refractivity contribution in [3.05, 3.63) is 52.4 Å². The number of furan rings is 1. The van der Waals surface area contributed by atoms with Crippen molar-refractivity contribution < 1.29 is 13.9 Å². The van der Waals surface area contributed by atoms with Crippen molar-refractivity contribution in [2.75, 3.05) is 0 Å². The van der Waals surface area contributed by atoms with E-state index in [4.69, 9.17) is 9.15 Å². The van der Waals surface area contributed by atoms with Crippen LogP contribution < -0.4 is 10.2 Å². The van der Waals surface area contributed by atoms with Crippen LogP contribution in [0, 0.1) is 5.92 Å². The lowest BCUT2D eigenvalue weighted by Gasteiger charge is -2.03. The molecule has 0 radical (unpaired) electrons. The molecule has 1 amide bonds. The Balaban J connectivity index is 1.49. The van der Waals surface area contributed by atoms with Gasteiger partial charge in [0.15, 0.2) is 0 Å². The maximum atomic E-state index is 11.4. The Morgan fingerprint density at radius 2 is 2.09 bits per heavy atom. The first-order valence-corrected chi connectivity index (χ1v) is 7.80. The standard InChI is InChI=1S/C16H15BrN2O3/c17-12-3-5-13(6-4-12)21-10-15-8-7-14(22-15)9-18-19-16(20)11-1-2-11/h3-9,11H,1-2,10H2,(H,19,20)/b18-9+. The van der Waals surface area contributed by atoms with E-state index in [2.05, 4.69) is 26.5 Å². The molecule has 0 aliphatic heterocycles. The third-order valence-corrected chi connectivity index (χ3v) is 3.72. The Labute approximate surface area is 136 Å². The molecule has 0 atom stereocenters. The van der Waals surface area contributed by atoms with Crippen molar-refractivity contribution in [1.29, 1.82) is 0 Å². The molecule has 3 rings (SSSR count). The first-order valence-electron chi connectivity index (χ1n) is 7.01. The number of carbonyl (C=O) groups is 1. The SMILES string of the molecule is O=C(N/N=C/c1ccc(COc2ccc(Br)cc2)o1)C1CC1. The number of hydrazone groups is 1. The monoisotopic (exact) mass is 362 g/mol. The van der Waals surface area contributed by atoms with E-state index < -0.39 is 0 Å². The molecule has 1 aromatic carbocycles. The third kappa shape index (κ3) is 4.21. The second-order valence-electron chi connectivity index (χ2n) is 5.06. The van der Waals surface area contributed by atoms with Gasteiger partial charge in [-0.3, -0.25) is 4.79 Å². The average Bonchev–Trinajstić information content (AvgIpc) is 3.28. The van der Waals surface area contributed by atoms with Crippen molar-refractivity contribution in [3.63, 3.8) is 0 Å². The number of nitrogens with zero attached hydrogens (tertiary/aromatic N) is 1. The van der Waals surface area contributed by atoms with Crippen molar-refractivity contribution in [2.24, 2.45) is 11.0 Å². The first kappa shape index (κ1) is 14.8. The lowest BCUT2D eigenvalue weighted by molar-refractivity contribution is -0.122. The Morgan fingerprint density at radius 1 is 1.32 bits per heavy atom. The molecule has 1 aliphatic carbocycles. The summed E-state index contributed by atoms with van der Waals surface area (Å²) < 4.78 is 12.2. The Kier molecular flexibility index (Phi) is 4.58. The molecule has 1 saturated carbocycles. The van der Waals surface area contributed by atoms with Gasteiger partial charge in [-0.15, -0.1) is 0 Å². The molecule has 1 fully saturated rings. The van der Waals surface area contributed by atoms with Crippen LogP contribution in [0.1, 0.15) is 24.4 Å². The van der Waals surface area contributed by atoms with Gasteiger partial charge in [-0.2, -0.15) is 5.10 Å². The summed E-state index contributed by atoms with van der Waals surface area (Å²) in [7, 11) is 0. The van der Waals surface area contributed by atoms with Gasteiger partial charge < -0.3 is 9.15 Å². The van der Waals surface area contributed by atoms with Gasteiger partial charge in [0.25, 0.3) is 0 Å². The van der Waals surface area contributed by atoms with E-state index in [0.717, 1.165) is 23.1 Å². The number of hydrogen-bond acceptors (Lipinski definition) is 4.